The highest BCUT2D eigenvalue weighted by molar-refractivity contribution is 9.10. The highest BCUT2D eigenvalue weighted by atomic mass is 79.9. The van der Waals surface area contributed by atoms with Crippen molar-refractivity contribution in [3.8, 4) is 0 Å². The number of rotatable bonds is 3. The van der Waals surface area contributed by atoms with Crippen LogP contribution >= 0.6 is 27.3 Å². The minimum absolute atomic E-state index is 0.138. The zero-order valence-electron chi connectivity index (χ0n) is 8.03. The lowest BCUT2D eigenvalue weighted by Crippen LogP contribution is -2.48. The van der Waals surface area contributed by atoms with Gasteiger partial charge >= 0.3 is 0 Å². The third-order valence-corrected chi connectivity index (χ3v) is 4.59. The number of aliphatic hydroxyl groups is 1. The van der Waals surface area contributed by atoms with Crippen molar-refractivity contribution in [2.24, 2.45) is 0 Å². The maximum atomic E-state index is 9.44. The molecule has 4 heteroatoms. The van der Waals surface area contributed by atoms with Gasteiger partial charge < -0.3 is 10.4 Å². The van der Waals surface area contributed by atoms with Gasteiger partial charge in [0.2, 0.25) is 0 Å². The lowest BCUT2D eigenvalue weighted by Gasteiger charge is -2.35. The molecule has 0 radical (unpaired) electrons. The fraction of sp³-hybridized carbons (Fsp3) is 0.600. The van der Waals surface area contributed by atoms with Crippen molar-refractivity contribution in [3.63, 3.8) is 0 Å². The predicted molar refractivity (Wildman–Crippen MR) is 62.6 cm³/mol. The molecule has 1 aromatic rings. The summed E-state index contributed by atoms with van der Waals surface area (Å²) in [5, 5.41) is 15.0. The fourth-order valence-corrected chi connectivity index (χ4v) is 3.10. The Kier molecular flexibility index (Phi) is 3.27. The summed E-state index contributed by atoms with van der Waals surface area (Å²) in [7, 11) is 0. The van der Waals surface area contributed by atoms with Crippen molar-refractivity contribution in [1.82, 2.24) is 5.32 Å². The van der Waals surface area contributed by atoms with Crippen LogP contribution in [0.5, 0.6) is 0 Å². The van der Waals surface area contributed by atoms with Gasteiger partial charge in [-0.05, 0) is 41.8 Å². The molecule has 1 unspecified atom stereocenters. The van der Waals surface area contributed by atoms with Crippen LogP contribution in [0, 0.1) is 0 Å². The molecule has 0 amide bonds. The second-order valence-electron chi connectivity index (χ2n) is 3.81. The Morgan fingerprint density at radius 3 is 2.86 bits per heavy atom. The van der Waals surface area contributed by atoms with Crippen LogP contribution in [-0.2, 0) is 0 Å². The highest BCUT2D eigenvalue weighted by Gasteiger charge is 2.29. The number of hydrogen-bond acceptors (Lipinski definition) is 3. The summed E-state index contributed by atoms with van der Waals surface area (Å²) in [6.07, 6.45) is 1.90. The minimum atomic E-state index is -0.138. The molecule has 1 aliphatic rings. The number of halogens is 1. The van der Waals surface area contributed by atoms with E-state index in [1.54, 1.807) is 11.3 Å². The van der Waals surface area contributed by atoms with E-state index in [0.717, 1.165) is 17.3 Å². The van der Waals surface area contributed by atoms with Gasteiger partial charge in [-0.15, -0.1) is 11.3 Å². The maximum Gasteiger partial charge on any atom is 0.0694 e. The van der Waals surface area contributed by atoms with E-state index in [4.69, 9.17) is 0 Å². The van der Waals surface area contributed by atoms with E-state index in [2.05, 4.69) is 39.6 Å². The minimum Gasteiger partial charge on any atom is -0.392 e. The Labute approximate surface area is 96.5 Å². The Balaban J connectivity index is 1.92. The molecule has 78 valence electrons. The first-order valence-electron chi connectivity index (χ1n) is 4.85. The molecule has 2 nitrogen and oxygen atoms in total. The standard InChI is InChI=1S/C10H14BrNOS/c1-6(10-4-7(11)5-14-10)12-8-2-3-9(8)13/h4-6,8-9,12-13H,2-3H2,1H3/t6?,8-,9-/m1/s1. The van der Waals surface area contributed by atoms with Crippen LogP contribution in [0.25, 0.3) is 0 Å². The monoisotopic (exact) mass is 275 g/mol. The maximum absolute atomic E-state index is 9.44. The van der Waals surface area contributed by atoms with Crippen LogP contribution in [0.2, 0.25) is 0 Å². The Hall–Kier alpha value is 0.1000. The van der Waals surface area contributed by atoms with Crippen LogP contribution < -0.4 is 5.32 Å². The van der Waals surface area contributed by atoms with Crippen LogP contribution in [0.1, 0.15) is 30.7 Å². The van der Waals surface area contributed by atoms with Gasteiger partial charge in [-0.2, -0.15) is 0 Å². The van der Waals surface area contributed by atoms with Gasteiger partial charge in [0, 0.05) is 26.8 Å². The second kappa shape index (κ2) is 4.31. The van der Waals surface area contributed by atoms with E-state index in [1.165, 1.54) is 4.88 Å². The first kappa shape index (κ1) is 10.6. The molecule has 3 atom stereocenters. The quantitative estimate of drug-likeness (QED) is 0.889. The van der Waals surface area contributed by atoms with Gasteiger partial charge in [-0.1, -0.05) is 0 Å². The molecule has 14 heavy (non-hydrogen) atoms. The lowest BCUT2D eigenvalue weighted by atomic mass is 9.88. The molecule has 0 spiro atoms. The molecule has 1 aromatic heterocycles. The third-order valence-electron chi connectivity index (χ3n) is 2.72. The zero-order valence-corrected chi connectivity index (χ0v) is 10.4. The topological polar surface area (TPSA) is 32.3 Å². The summed E-state index contributed by atoms with van der Waals surface area (Å²) < 4.78 is 1.14. The molecule has 0 aliphatic heterocycles. The summed E-state index contributed by atoms with van der Waals surface area (Å²) in [5.41, 5.74) is 0. The average Bonchev–Trinajstić information content (AvgIpc) is 2.58. The normalized spacial score (nSPS) is 28.5. The van der Waals surface area contributed by atoms with E-state index in [-0.39, 0.29) is 6.10 Å². The molecular weight excluding hydrogens is 262 g/mol. The molecule has 1 heterocycles. The summed E-state index contributed by atoms with van der Waals surface area (Å²) in [4.78, 5) is 1.32. The molecule has 2 rings (SSSR count). The highest BCUT2D eigenvalue weighted by Crippen LogP contribution is 2.28. The van der Waals surface area contributed by atoms with Gasteiger partial charge in [0.05, 0.1) is 6.10 Å². The lowest BCUT2D eigenvalue weighted by molar-refractivity contribution is 0.0451. The van der Waals surface area contributed by atoms with E-state index >= 15 is 0 Å². The molecule has 1 aliphatic carbocycles. The molecule has 1 fully saturated rings. The second-order valence-corrected chi connectivity index (χ2v) is 5.67. The molecule has 1 saturated carbocycles. The smallest absolute Gasteiger partial charge is 0.0694 e. The average molecular weight is 276 g/mol. The summed E-state index contributed by atoms with van der Waals surface area (Å²) in [5.74, 6) is 0. The zero-order chi connectivity index (χ0) is 10.1. The fourth-order valence-electron chi connectivity index (χ4n) is 1.64. The van der Waals surface area contributed by atoms with Crippen molar-refractivity contribution in [1.29, 1.82) is 0 Å². The van der Waals surface area contributed by atoms with Crippen LogP contribution in [-0.4, -0.2) is 17.3 Å². The molecule has 0 bridgehead atoms. The molecule has 0 saturated heterocycles. The molecular formula is C10H14BrNOS. The molecule has 2 N–H and O–H groups in total. The number of hydrogen-bond donors (Lipinski definition) is 2. The largest absolute Gasteiger partial charge is 0.392 e. The van der Waals surface area contributed by atoms with Crippen molar-refractivity contribution < 1.29 is 5.11 Å². The van der Waals surface area contributed by atoms with Crippen LogP contribution in [0.3, 0.4) is 0 Å². The Bertz CT molecular complexity index is 315. The van der Waals surface area contributed by atoms with Crippen molar-refractivity contribution in [2.75, 3.05) is 0 Å². The third kappa shape index (κ3) is 2.19. The number of aliphatic hydroxyl groups excluding tert-OH is 1. The first-order chi connectivity index (χ1) is 6.66. The van der Waals surface area contributed by atoms with Gasteiger partial charge in [0.1, 0.15) is 0 Å². The SMILES string of the molecule is CC(N[C@@H]1CC[C@H]1O)c1cc(Br)cs1. The van der Waals surface area contributed by atoms with Crippen molar-refractivity contribution in [2.45, 2.75) is 38.0 Å². The van der Waals surface area contributed by atoms with Gasteiger partial charge in [-0.3, -0.25) is 0 Å². The Morgan fingerprint density at radius 2 is 2.43 bits per heavy atom. The van der Waals surface area contributed by atoms with Crippen LogP contribution in [0.15, 0.2) is 15.9 Å². The first-order valence-corrected chi connectivity index (χ1v) is 6.52. The Morgan fingerprint density at radius 1 is 1.64 bits per heavy atom. The van der Waals surface area contributed by atoms with Gasteiger partial charge in [-0.25, -0.2) is 0 Å². The number of thiophene rings is 1. The van der Waals surface area contributed by atoms with Gasteiger partial charge in [0.15, 0.2) is 0 Å². The summed E-state index contributed by atoms with van der Waals surface area (Å²) in [6.45, 7) is 2.14. The number of nitrogens with one attached hydrogen (secondary N) is 1. The van der Waals surface area contributed by atoms with Crippen molar-refractivity contribution >= 4 is 27.3 Å². The van der Waals surface area contributed by atoms with Gasteiger partial charge in [0.25, 0.3) is 0 Å². The van der Waals surface area contributed by atoms with Crippen molar-refractivity contribution in [3.05, 3.63) is 20.8 Å². The molecule has 0 aromatic carbocycles. The van der Waals surface area contributed by atoms with E-state index in [0.29, 0.717) is 12.1 Å². The predicted octanol–water partition coefficient (Wildman–Crippen LogP) is 2.68. The summed E-state index contributed by atoms with van der Waals surface area (Å²) >= 11 is 5.19. The van der Waals surface area contributed by atoms with E-state index < -0.39 is 0 Å². The van der Waals surface area contributed by atoms with Crippen LogP contribution in [0.4, 0.5) is 0 Å². The van der Waals surface area contributed by atoms with E-state index in [9.17, 15) is 5.11 Å². The van der Waals surface area contributed by atoms with E-state index in [1.807, 2.05) is 0 Å². The summed E-state index contributed by atoms with van der Waals surface area (Å²) in [6, 6.07) is 2.77.